The molecule has 0 unspecified atom stereocenters. The lowest BCUT2D eigenvalue weighted by molar-refractivity contribution is -0.116. The lowest BCUT2D eigenvalue weighted by Crippen LogP contribution is -2.45. The van der Waals surface area contributed by atoms with E-state index in [1.807, 2.05) is 30.3 Å². The topological polar surface area (TPSA) is 111 Å². The normalized spacial score (nSPS) is 12.1. The Morgan fingerprint density at radius 1 is 1.15 bits per heavy atom. The molecule has 2 aromatic carbocycles. The number of nitrogens with one attached hydrogen (secondary N) is 1. The molecular weight excluding hydrogens is 484 g/mol. The van der Waals surface area contributed by atoms with E-state index in [1.165, 1.54) is 50.3 Å². The van der Waals surface area contributed by atoms with Crippen LogP contribution in [-0.4, -0.2) is 51.0 Å². The summed E-state index contributed by atoms with van der Waals surface area (Å²) in [6, 6.07) is 13.6. The van der Waals surface area contributed by atoms with Crippen molar-refractivity contribution in [2.45, 2.75) is 23.1 Å². The van der Waals surface area contributed by atoms with Crippen LogP contribution < -0.4 is 19.1 Å². The third kappa shape index (κ3) is 6.36. The van der Waals surface area contributed by atoms with Crippen molar-refractivity contribution in [3.63, 3.8) is 0 Å². The van der Waals surface area contributed by atoms with E-state index in [-0.39, 0.29) is 16.6 Å². The van der Waals surface area contributed by atoms with Gasteiger partial charge in [-0.3, -0.25) is 14.4 Å². The van der Waals surface area contributed by atoms with Gasteiger partial charge in [0.15, 0.2) is 4.34 Å². The minimum Gasteiger partial charge on any atom is -0.497 e. The first kappa shape index (κ1) is 24.8. The lowest BCUT2D eigenvalue weighted by atomic mass is 10.2. The number of sulfonamides is 1. The fourth-order valence-corrected chi connectivity index (χ4v) is 5.88. The van der Waals surface area contributed by atoms with Crippen LogP contribution in [-0.2, 0) is 20.6 Å². The summed E-state index contributed by atoms with van der Waals surface area (Å²) in [6.07, 6.45) is 1.03. The summed E-state index contributed by atoms with van der Waals surface area (Å²) in [6.45, 7) is 1.49. The maximum atomic E-state index is 13.0. The fraction of sp³-hybridized carbons (Fsp3) is 0.286. The van der Waals surface area contributed by atoms with Crippen LogP contribution in [0.4, 0.5) is 10.8 Å². The molecule has 0 spiro atoms. The Hall–Kier alpha value is -2.83. The standard InChI is InChI=1S/C21H24N4O5S3/c1-14(25(33(4,27)28)17-12-16(29-2)10-11-18(17)30-3)19(26)22-20-23-24-21(32-20)31-13-15-8-6-5-7-9-15/h5-12,14H,13H2,1-4H3,(H,22,23,26)/t14-/m0/s1. The molecule has 1 heterocycles. The fourth-order valence-electron chi connectivity index (χ4n) is 3.00. The van der Waals surface area contributed by atoms with Gasteiger partial charge in [0.05, 0.1) is 26.2 Å². The van der Waals surface area contributed by atoms with Gasteiger partial charge < -0.3 is 9.47 Å². The first-order chi connectivity index (χ1) is 15.7. The zero-order chi connectivity index (χ0) is 24.0. The molecule has 0 aliphatic carbocycles. The number of anilines is 2. The van der Waals surface area contributed by atoms with Gasteiger partial charge >= 0.3 is 0 Å². The molecule has 12 heteroatoms. The van der Waals surface area contributed by atoms with E-state index in [9.17, 15) is 13.2 Å². The van der Waals surface area contributed by atoms with Crippen molar-refractivity contribution >= 4 is 49.8 Å². The van der Waals surface area contributed by atoms with Crippen molar-refractivity contribution < 1.29 is 22.7 Å². The molecule has 1 aromatic heterocycles. The number of hydrogen-bond donors (Lipinski definition) is 1. The maximum absolute atomic E-state index is 13.0. The molecule has 0 aliphatic heterocycles. The second kappa shape index (κ2) is 10.9. The number of carbonyl (C=O) groups excluding carboxylic acids is 1. The van der Waals surface area contributed by atoms with Crippen LogP contribution in [0.5, 0.6) is 11.5 Å². The zero-order valence-corrected chi connectivity index (χ0v) is 21.0. The quantitative estimate of drug-likeness (QED) is 0.326. The average Bonchev–Trinajstić information content (AvgIpc) is 3.24. The predicted molar refractivity (Wildman–Crippen MR) is 131 cm³/mol. The summed E-state index contributed by atoms with van der Waals surface area (Å²) in [5.41, 5.74) is 1.34. The molecule has 1 atom stereocenters. The van der Waals surface area contributed by atoms with Crippen molar-refractivity contribution in [1.82, 2.24) is 10.2 Å². The third-order valence-corrected chi connectivity index (χ3v) is 7.82. The van der Waals surface area contributed by atoms with Gasteiger partial charge in [0.1, 0.15) is 17.5 Å². The molecule has 0 saturated carbocycles. The SMILES string of the molecule is COc1ccc(OC)c(N([C@@H](C)C(=O)Nc2nnc(SCc3ccccc3)s2)S(C)(=O)=O)c1. The van der Waals surface area contributed by atoms with Crippen LogP contribution in [0.25, 0.3) is 0 Å². The van der Waals surface area contributed by atoms with E-state index >= 15 is 0 Å². The minimum absolute atomic E-state index is 0.193. The molecule has 0 radical (unpaired) electrons. The highest BCUT2D eigenvalue weighted by atomic mass is 32.2. The van der Waals surface area contributed by atoms with Gasteiger partial charge in [-0.25, -0.2) is 8.42 Å². The number of carbonyl (C=O) groups is 1. The Kier molecular flexibility index (Phi) is 8.16. The van der Waals surface area contributed by atoms with Crippen LogP contribution in [0.3, 0.4) is 0 Å². The molecule has 9 nitrogen and oxygen atoms in total. The molecule has 3 aromatic rings. The Balaban J connectivity index is 1.76. The second-order valence-corrected chi connectivity index (χ2v) is 11.0. The minimum atomic E-state index is -3.85. The Labute approximate surface area is 201 Å². The maximum Gasteiger partial charge on any atom is 0.249 e. The Morgan fingerprint density at radius 2 is 1.88 bits per heavy atom. The molecular formula is C21H24N4O5S3. The number of hydrogen-bond acceptors (Lipinski definition) is 9. The van der Waals surface area contributed by atoms with E-state index in [2.05, 4.69) is 15.5 Å². The van der Waals surface area contributed by atoms with Gasteiger partial charge in [-0.2, -0.15) is 0 Å². The summed E-state index contributed by atoms with van der Waals surface area (Å²) >= 11 is 2.73. The summed E-state index contributed by atoms with van der Waals surface area (Å²) < 4.78 is 37.5. The summed E-state index contributed by atoms with van der Waals surface area (Å²) in [5, 5.41) is 11.1. The van der Waals surface area contributed by atoms with Crippen LogP contribution >= 0.6 is 23.1 Å². The summed E-state index contributed by atoms with van der Waals surface area (Å²) in [4.78, 5) is 13.0. The van der Waals surface area contributed by atoms with Gasteiger partial charge in [0.2, 0.25) is 21.1 Å². The van der Waals surface area contributed by atoms with Gasteiger partial charge in [0.25, 0.3) is 0 Å². The van der Waals surface area contributed by atoms with Crippen LogP contribution in [0.15, 0.2) is 52.9 Å². The molecule has 0 saturated heterocycles. The molecule has 1 N–H and O–H groups in total. The number of ether oxygens (including phenoxy) is 2. The number of methoxy groups -OCH3 is 2. The van der Waals surface area contributed by atoms with Crippen molar-refractivity contribution in [3.8, 4) is 11.5 Å². The van der Waals surface area contributed by atoms with Crippen molar-refractivity contribution in [2.24, 2.45) is 0 Å². The third-order valence-electron chi connectivity index (χ3n) is 4.55. The monoisotopic (exact) mass is 508 g/mol. The molecule has 0 fully saturated rings. The van der Waals surface area contributed by atoms with Crippen molar-refractivity contribution in [1.29, 1.82) is 0 Å². The van der Waals surface area contributed by atoms with Crippen LogP contribution in [0, 0.1) is 0 Å². The van der Waals surface area contributed by atoms with E-state index in [1.54, 1.807) is 12.1 Å². The Bertz CT molecular complexity index is 1200. The molecule has 0 bridgehead atoms. The lowest BCUT2D eigenvalue weighted by Gasteiger charge is -2.29. The number of amides is 1. The number of aromatic nitrogens is 2. The van der Waals surface area contributed by atoms with Crippen LogP contribution in [0.1, 0.15) is 12.5 Å². The molecule has 3 rings (SSSR count). The highest BCUT2D eigenvalue weighted by Gasteiger charge is 2.32. The molecule has 0 aliphatic rings. The van der Waals surface area contributed by atoms with E-state index in [0.29, 0.717) is 10.1 Å². The molecule has 1 amide bonds. The van der Waals surface area contributed by atoms with Gasteiger partial charge in [-0.15, -0.1) is 10.2 Å². The number of thioether (sulfide) groups is 1. The predicted octanol–water partition coefficient (Wildman–Crippen LogP) is 3.64. The van der Waals surface area contributed by atoms with Gasteiger partial charge in [-0.1, -0.05) is 53.4 Å². The number of benzene rings is 2. The first-order valence-electron chi connectivity index (χ1n) is 9.75. The first-order valence-corrected chi connectivity index (χ1v) is 13.4. The number of rotatable bonds is 10. The molecule has 33 heavy (non-hydrogen) atoms. The Morgan fingerprint density at radius 3 is 2.52 bits per heavy atom. The van der Waals surface area contributed by atoms with E-state index in [4.69, 9.17) is 9.47 Å². The highest BCUT2D eigenvalue weighted by Crippen LogP contribution is 2.35. The van der Waals surface area contributed by atoms with Gasteiger partial charge in [-0.05, 0) is 24.6 Å². The van der Waals surface area contributed by atoms with E-state index < -0.39 is 22.0 Å². The largest absolute Gasteiger partial charge is 0.497 e. The smallest absolute Gasteiger partial charge is 0.249 e. The zero-order valence-electron chi connectivity index (χ0n) is 18.5. The second-order valence-electron chi connectivity index (χ2n) is 6.91. The summed E-state index contributed by atoms with van der Waals surface area (Å²) in [5.74, 6) is 0.880. The average molecular weight is 509 g/mol. The van der Waals surface area contributed by atoms with Gasteiger partial charge in [0, 0.05) is 11.8 Å². The van der Waals surface area contributed by atoms with E-state index in [0.717, 1.165) is 21.9 Å². The highest BCUT2D eigenvalue weighted by molar-refractivity contribution is 8.00. The van der Waals surface area contributed by atoms with Crippen molar-refractivity contribution in [2.75, 3.05) is 30.1 Å². The molecule has 176 valence electrons. The number of nitrogens with zero attached hydrogens (tertiary/aromatic N) is 3. The summed E-state index contributed by atoms with van der Waals surface area (Å²) in [7, 11) is -0.955. The van der Waals surface area contributed by atoms with Crippen molar-refractivity contribution in [3.05, 3.63) is 54.1 Å². The van der Waals surface area contributed by atoms with Crippen LogP contribution in [0.2, 0.25) is 0 Å².